The van der Waals surface area contributed by atoms with Crippen LogP contribution in [0.3, 0.4) is 0 Å². The topological polar surface area (TPSA) is 100 Å². The molecule has 9 heteroatoms. The van der Waals surface area contributed by atoms with E-state index in [0.29, 0.717) is 23.1 Å². The minimum absolute atomic E-state index is 0.00627. The highest BCUT2D eigenvalue weighted by Gasteiger charge is 2.32. The molecule has 2 aromatic rings. The van der Waals surface area contributed by atoms with Crippen molar-refractivity contribution in [2.75, 3.05) is 20.1 Å². The highest BCUT2D eigenvalue weighted by Crippen LogP contribution is 2.31. The highest BCUT2D eigenvalue weighted by molar-refractivity contribution is 6.29. The molecule has 0 aliphatic carbocycles. The fraction of sp³-hybridized carbons (Fsp3) is 0.389. The minimum Gasteiger partial charge on any atom is -0.354 e. The number of halogens is 1. The van der Waals surface area contributed by atoms with Crippen molar-refractivity contribution in [1.82, 2.24) is 30.5 Å². The van der Waals surface area contributed by atoms with Crippen LogP contribution in [0.1, 0.15) is 35.9 Å². The van der Waals surface area contributed by atoms with Crippen molar-refractivity contribution in [2.45, 2.75) is 25.9 Å². The van der Waals surface area contributed by atoms with Gasteiger partial charge in [-0.25, -0.2) is 15.0 Å². The zero-order valence-electron chi connectivity index (χ0n) is 15.4. The van der Waals surface area contributed by atoms with E-state index in [0.717, 1.165) is 12.1 Å². The van der Waals surface area contributed by atoms with Gasteiger partial charge in [-0.1, -0.05) is 11.6 Å². The van der Waals surface area contributed by atoms with Crippen molar-refractivity contribution in [2.24, 2.45) is 0 Å². The maximum Gasteiger partial charge on any atom is 0.269 e. The zero-order valence-corrected chi connectivity index (χ0v) is 16.1. The molecule has 27 heavy (non-hydrogen) atoms. The first-order chi connectivity index (χ1) is 12.9. The zero-order chi connectivity index (χ0) is 19.6. The number of hydrogen-bond acceptors (Lipinski definition) is 6. The van der Waals surface area contributed by atoms with Crippen LogP contribution in [0.5, 0.6) is 0 Å². The van der Waals surface area contributed by atoms with Crippen LogP contribution in [0.15, 0.2) is 24.5 Å². The van der Waals surface area contributed by atoms with Crippen LogP contribution < -0.4 is 10.6 Å². The highest BCUT2D eigenvalue weighted by atomic mass is 35.5. The van der Waals surface area contributed by atoms with Gasteiger partial charge in [0.15, 0.2) is 0 Å². The minimum atomic E-state index is -0.311. The quantitative estimate of drug-likeness (QED) is 0.771. The van der Waals surface area contributed by atoms with Gasteiger partial charge in [0.25, 0.3) is 5.91 Å². The van der Waals surface area contributed by atoms with Gasteiger partial charge in [-0.3, -0.25) is 9.59 Å². The summed E-state index contributed by atoms with van der Waals surface area (Å²) in [5.41, 5.74) is 2.10. The number of nitrogens with one attached hydrogen (secondary N) is 2. The Morgan fingerprint density at radius 3 is 2.74 bits per heavy atom. The number of pyridine rings is 1. The fourth-order valence-corrected chi connectivity index (χ4v) is 3.54. The molecule has 3 rings (SSSR count). The second-order valence-corrected chi connectivity index (χ2v) is 6.76. The molecule has 2 amide bonds. The predicted octanol–water partition coefficient (Wildman–Crippen LogP) is 1.43. The summed E-state index contributed by atoms with van der Waals surface area (Å²) in [5.74, 6) is -0.305. The Kier molecular flexibility index (Phi) is 5.67. The Hall–Kier alpha value is -2.58. The lowest BCUT2D eigenvalue weighted by atomic mass is 9.96. The van der Waals surface area contributed by atoms with E-state index in [1.54, 1.807) is 19.1 Å². The largest absolute Gasteiger partial charge is 0.354 e. The molecule has 0 bridgehead atoms. The van der Waals surface area contributed by atoms with Gasteiger partial charge in [0.05, 0.1) is 17.4 Å². The summed E-state index contributed by atoms with van der Waals surface area (Å²) in [5, 5.41) is 6.22. The molecule has 1 fully saturated rings. The number of nitrogens with zero attached hydrogens (tertiary/aromatic N) is 4. The molecule has 2 aromatic heterocycles. The van der Waals surface area contributed by atoms with Gasteiger partial charge in [-0.15, -0.1) is 0 Å². The third kappa shape index (κ3) is 4.06. The van der Waals surface area contributed by atoms with E-state index >= 15 is 0 Å². The SMILES string of the molecule is CNC(=O)c1cc(-c2cc([C@H]3[C@H](C)NCCN3C(C)=O)cc(Cl)n2)ncn1. The number of piperazine rings is 1. The molecular weight excluding hydrogens is 368 g/mol. The molecule has 1 saturated heterocycles. The Morgan fingerprint density at radius 2 is 2.04 bits per heavy atom. The average Bonchev–Trinajstić information content (AvgIpc) is 2.66. The summed E-state index contributed by atoms with van der Waals surface area (Å²) in [4.78, 5) is 38.3. The molecule has 3 heterocycles. The predicted molar refractivity (Wildman–Crippen MR) is 101 cm³/mol. The van der Waals surface area contributed by atoms with Crippen molar-refractivity contribution in [1.29, 1.82) is 0 Å². The first kappa shape index (κ1) is 19.2. The molecule has 142 valence electrons. The third-order valence-corrected chi connectivity index (χ3v) is 4.77. The smallest absolute Gasteiger partial charge is 0.269 e. The van der Waals surface area contributed by atoms with Gasteiger partial charge in [0.1, 0.15) is 17.2 Å². The van der Waals surface area contributed by atoms with E-state index in [2.05, 4.69) is 25.6 Å². The number of hydrogen-bond donors (Lipinski definition) is 2. The van der Waals surface area contributed by atoms with E-state index in [4.69, 9.17) is 11.6 Å². The molecule has 1 aliphatic rings. The molecule has 0 spiro atoms. The molecule has 2 N–H and O–H groups in total. The van der Waals surface area contributed by atoms with Gasteiger partial charge < -0.3 is 15.5 Å². The number of amides is 2. The molecule has 1 aliphatic heterocycles. The van der Waals surface area contributed by atoms with Crippen LogP contribution in [-0.4, -0.2) is 57.8 Å². The first-order valence-corrected chi connectivity index (χ1v) is 9.01. The van der Waals surface area contributed by atoms with Crippen molar-refractivity contribution in [3.8, 4) is 11.4 Å². The summed E-state index contributed by atoms with van der Waals surface area (Å²) in [7, 11) is 1.54. The van der Waals surface area contributed by atoms with Gasteiger partial charge in [-0.05, 0) is 30.7 Å². The lowest BCUT2D eigenvalue weighted by Gasteiger charge is -2.40. The second-order valence-electron chi connectivity index (χ2n) is 6.38. The Morgan fingerprint density at radius 1 is 1.26 bits per heavy atom. The molecule has 0 radical (unpaired) electrons. The van der Waals surface area contributed by atoms with Crippen molar-refractivity contribution in [3.63, 3.8) is 0 Å². The molecule has 8 nitrogen and oxygen atoms in total. The van der Waals surface area contributed by atoms with Crippen LogP contribution in [0.25, 0.3) is 11.4 Å². The van der Waals surface area contributed by atoms with Gasteiger partial charge in [0.2, 0.25) is 5.91 Å². The van der Waals surface area contributed by atoms with Crippen LogP contribution >= 0.6 is 11.6 Å². The number of rotatable bonds is 3. The molecule has 0 unspecified atom stereocenters. The average molecular weight is 389 g/mol. The Bertz CT molecular complexity index is 875. The summed E-state index contributed by atoms with van der Waals surface area (Å²) >= 11 is 6.27. The van der Waals surface area contributed by atoms with E-state index in [-0.39, 0.29) is 29.6 Å². The molecule has 0 saturated carbocycles. The summed E-state index contributed by atoms with van der Waals surface area (Å²) in [6.07, 6.45) is 1.31. The molecule has 2 atom stereocenters. The molecule has 0 aromatic carbocycles. The van der Waals surface area contributed by atoms with Crippen LogP contribution in [-0.2, 0) is 4.79 Å². The first-order valence-electron chi connectivity index (χ1n) is 8.63. The monoisotopic (exact) mass is 388 g/mol. The van der Waals surface area contributed by atoms with Crippen LogP contribution in [0.2, 0.25) is 5.15 Å². The van der Waals surface area contributed by atoms with Crippen molar-refractivity contribution >= 4 is 23.4 Å². The summed E-state index contributed by atoms with van der Waals surface area (Å²) in [6.45, 7) is 4.95. The van der Waals surface area contributed by atoms with Crippen molar-refractivity contribution < 1.29 is 9.59 Å². The van der Waals surface area contributed by atoms with Gasteiger partial charge >= 0.3 is 0 Å². The fourth-order valence-electron chi connectivity index (χ4n) is 3.32. The van der Waals surface area contributed by atoms with Crippen LogP contribution in [0, 0.1) is 0 Å². The second kappa shape index (κ2) is 7.98. The van der Waals surface area contributed by atoms with Crippen LogP contribution in [0.4, 0.5) is 0 Å². The Balaban J connectivity index is 2.04. The van der Waals surface area contributed by atoms with E-state index in [9.17, 15) is 9.59 Å². The lowest BCUT2D eigenvalue weighted by Crippen LogP contribution is -2.52. The maximum absolute atomic E-state index is 12.1. The van der Waals surface area contributed by atoms with E-state index in [1.165, 1.54) is 13.4 Å². The summed E-state index contributed by atoms with van der Waals surface area (Å²) < 4.78 is 0. The Labute approximate surface area is 162 Å². The standard InChI is InChI=1S/C18H21ClN6O2/c1-10-17(25(11(2)26)5-4-21-10)12-6-14(24-16(19)7-12)13-8-15(18(27)20-3)23-9-22-13/h6-10,17,21H,4-5H2,1-3H3,(H,20,27)/t10-,17+/m0/s1. The van der Waals surface area contributed by atoms with Gasteiger partial charge in [-0.2, -0.15) is 0 Å². The third-order valence-electron chi connectivity index (χ3n) is 4.58. The number of aromatic nitrogens is 3. The maximum atomic E-state index is 12.1. The molecular formula is C18H21ClN6O2. The van der Waals surface area contributed by atoms with E-state index in [1.807, 2.05) is 17.9 Å². The number of carbonyl (C=O) groups is 2. The van der Waals surface area contributed by atoms with Gasteiger partial charge in [0, 0.05) is 33.1 Å². The van der Waals surface area contributed by atoms with E-state index < -0.39 is 0 Å². The number of carbonyl (C=O) groups excluding carboxylic acids is 2. The normalized spacial score (nSPS) is 19.6. The summed E-state index contributed by atoms with van der Waals surface area (Å²) in [6, 6.07) is 5.06. The lowest BCUT2D eigenvalue weighted by molar-refractivity contribution is -0.133. The van der Waals surface area contributed by atoms with Crippen molar-refractivity contribution in [3.05, 3.63) is 40.9 Å².